The molecule has 0 amide bonds. The van der Waals surface area contributed by atoms with E-state index < -0.39 is 37.3 Å². The van der Waals surface area contributed by atoms with Crippen LogP contribution in [0.3, 0.4) is 0 Å². The lowest BCUT2D eigenvalue weighted by Gasteiger charge is -2.39. The van der Waals surface area contributed by atoms with Gasteiger partial charge in [0.1, 0.15) is 35.7 Å². The van der Waals surface area contributed by atoms with Crippen molar-refractivity contribution >= 4 is 43.5 Å². The van der Waals surface area contributed by atoms with Gasteiger partial charge in [-0.2, -0.15) is 0 Å². The number of hydrogen-bond donors (Lipinski definition) is 4. The van der Waals surface area contributed by atoms with Gasteiger partial charge in [-0.1, -0.05) is 24.3 Å². The number of hydrogen-bond acceptors (Lipinski definition) is 9. The van der Waals surface area contributed by atoms with Crippen LogP contribution in [-0.4, -0.2) is 64.8 Å². The Morgan fingerprint density at radius 2 is 1.69 bits per heavy atom. The van der Waals surface area contributed by atoms with Gasteiger partial charge in [-0.15, -0.1) is 0 Å². The molecule has 1 fully saturated rings. The number of benzene rings is 4. The summed E-state index contributed by atoms with van der Waals surface area (Å²) < 4.78 is 23.5. The van der Waals surface area contributed by atoms with E-state index >= 15 is 0 Å². The normalized spacial score (nSPS) is 25.1. The van der Waals surface area contributed by atoms with Gasteiger partial charge < -0.3 is 39.1 Å². The van der Waals surface area contributed by atoms with Gasteiger partial charge in [0.15, 0.2) is 16.8 Å². The Labute approximate surface area is 197 Å². The van der Waals surface area contributed by atoms with Crippen molar-refractivity contribution in [1.29, 1.82) is 0 Å². The van der Waals surface area contributed by atoms with Crippen molar-refractivity contribution in [2.45, 2.75) is 30.7 Å². The first kappa shape index (κ1) is 22.0. The molecule has 2 heterocycles. The van der Waals surface area contributed by atoms with E-state index in [4.69, 9.17) is 18.6 Å². The van der Waals surface area contributed by atoms with Gasteiger partial charge in [-0.3, -0.25) is 4.79 Å². The molecule has 0 unspecified atom stereocenters. The number of aliphatic hydroxyl groups excluding tert-OH is 4. The fourth-order valence-corrected chi connectivity index (χ4v) is 4.94. The summed E-state index contributed by atoms with van der Waals surface area (Å²) in [7, 11) is 1.53. The van der Waals surface area contributed by atoms with E-state index in [0.29, 0.717) is 43.8 Å². The van der Waals surface area contributed by atoms with Crippen LogP contribution >= 0.6 is 0 Å². The highest BCUT2D eigenvalue weighted by atomic mass is 16.7. The fourth-order valence-electron chi connectivity index (χ4n) is 4.94. The highest BCUT2D eigenvalue weighted by Crippen LogP contribution is 2.46. The third kappa shape index (κ3) is 3.17. The summed E-state index contributed by atoms with van der Waals surface area (Å²) in [4.78, 5) is 12.9. The molecule has 4 aromatic carbocycles. The summed E-state index contributed by atoms with van der Waals surface area (Å²) in [5, 5.41) is 44.2. The average Bonchev–Trinajstić information content (AvgIpc) is 2.88. The average molecular weight is 478 g/mol. The third-order valence-electron chi connectivity index (χ3n) is 6.68. The second kappa shape index (κ2) is 8.04. The van der Waals surface area contributed by atoms with Crippen LogP contribution in [0.5, 0.6) is 11.5 Å². The predicted octanol–water partition coefficient (Wildman–Crippen LogP) is 1.88. The largest absolute Gasteiger partial charge is 0.493 e. The maximum Gasteiger partial charge on any atom is 0.229 e. The molecule has 180 valence electrons. The molecule has 1 saturated heterocycles. The van der Waals surface area contributed by atoms with Crippen LogP contribution in [0.1, 0.15) is 0 Å². The van der Waals surface area contributed by atoms with Crippen LogP contribution in [0.4, 0.5) is 0 Å². The highest BCUT2D eigenvalue weighted by molar-refractivity contribution is 6.29. The Kier molecular flexibility index (Phi) is 5.06. The zero-order valence-corrected chi connectivity index (χ0v) is 18.5. The van der Waals surface area contributed by atoms with E-state index in [-0.39, 0.29) is 11.2 Å². The number of methoxy groups -OCH3 is 1. The van der Waals surface area contributed by atoms with Crippen LogP contribution in [0.2, 0.25) is 0 Å². The van der Waals surface area contributed by atoms with Gasteiger partial charge in [0.25, 0.3) is 0 Å². The summed E-state index contributed by atoms with van der Waals surface area (Å²) >= 11 is 0. The summed E-state index contributed by atoms with van der Waals surface area (Å²) in [6.07, 6.45) is -7.31. The first-order chi connectivity index (χ1) is 16.9. The molecule has 9 heteroatoms. The number of para-hydroxylation sites is 1. The molecular formula is C26H22O9. The minimum Gasteiger partial charge on any atom is -0.493 e. The Morgan fingerprint density at radius 3 is 2.46 bits per heavy atom. The van der Waals surface area contributed by atoms with Crippen molar-refractivity contribution in [3.8, 4) is 11.5 Å². The van der Waals surface area contributed by atoms with Crippen LogP contribution < -0.4 is 14.9 Å². The molecule has 0 bridgehead atoms. The third-order valence-corrected chi connectivity index (χ3v) is 6.68. The van der Waals surface area contributed by atoms with Crippen LogP contribution in [0.15, 0.2) is 57.7 Å². The number of aliphatic hydroxyl groups is 4. The van der Waals surface area contributed by atoms with E-state index in [0.717, 1.165) is 5.39 Å². The van der Waals surface area contributed by atoms with E-state index in [1.54, 1.807) is 24.3 Å². The summed E-state index contributed by atoms with van der Waals surface area (Å²) in [5.74, 6) is 0.676. The standard InChI is InChI=1S/C26H22O9/c1-32-17-8-11-6-7-14(28)13-9-16(34-26-24(31)23(30)22(29)18(10-27)35-26)20-12-4-2-3-5-15(12)33-25(17)21(20)19(11)13/h2-9,18,22-24,26-27,29-31H,10H2,1H3/t18-,22-,23+,24-,26-/m0/s1. The number of ether oxygens (including phenoxy) is 3. The minimum atomic E-state index is -1.61. The molecule has 4 N–H and O–H groups in total. The Bertz CT molecular complexity index is 1620. The first-order valence-corrected chi connectivity index (χ1v) is 11.1. The van der Waals surface area contributed by atoms with Gasteiger partial charge in [0.05, 0.1) is 13.7 Å². The molecule has 6 rings (SSSR count). The molecular weight excluding hydrogens is 456 g/mol. The highest BCUT2D eigenvalue weighted by Gasteiger charge is 2.45. The van der Waals surface area contributed by atoms with Gasteiger partial charge in [-0.05, 0) is 29.7 Å². The SMILES string of the molecule is COc1cc2ccc(=O)c3cc(O[C@H]4O[C@@H](CO)[C@H](O)[C@@H](O)[C@@H]4O)c4c5ccccc5oc1c4c23. The Balaban J connectivity index is 1.69. The molecule has 1 aliphatic heterocycles. The van der Waals surface area contributed by atoms with Crippen LogP contribution in [0, 0.1) is 0 Å². The molecule has 0 aliphatic carbocycles. The molecule has 35 heavy (non-hydrogen) atoms. The first-order valence-electron chi connectivity index (χ1n) is 11.1. The van der Waals surface area contributed by atoms with E-state index in [1.807, 2.05) is 18.2 Å². The molecule has 1 aromatic heterocycles. The lowest BCUT2D eigenvalue weighted by Crippen LogP contribution is -2.60. The van der Waals surface area contributed by atoms with Crippen molar-refractivity contribution in [1.82, 2.24) is 0 Å². The summed E-state index contributed by atoms with van der Waals surface area (Å²) in [6, 6.07) is 13.8. The summed E-state index contributed by atoms with van der Waals surface area (Å²) in [6.45, 7) is -0.592. The Morgan fingerprint density at radius 1 is 0.886 bits per heavy atom. The zero-order chi connectivity index (χ0) is 24.4. The maximum atomic E-state index is 12.9. The molecule has 0 saturated carbocycles. The number of rotatable bonds is 4. The van der Waals surface area contributed by atoms with Crippen molar-refractivity contribution in [2.24, 2.45) is 0 Å². The minimum absolute atomic E-state index is 0.205. The monoisotopic (exact) mass is 478 g/mol. The van der Waals surface area contributed by atoms with E-state index in [2.05, 4.69) is 0 Å². The van der Waals surface area contributed by atoms with Crippen LogP contribution in [0.25, 0.3) is 43.5 Å². The fraction of sp³-hybridized carbons (Fsp3) is 0.269. The quantitative estimate of drug-likeness (QED) is 0.225. The molecule has 9 nitrogen and oxygen atoms in total. The lowest BCUT2D eigenvalue weighted by molar-refractivity contribution is -0.277. The van der Waals surface area contributed by atoms with Gasteiger partial charge >= 0.3 is 0 Å². The molecule has 0 spiro atoms. The Hall–Kier alpha value is -3.47. The maximum absolute atomic E-state index is 12.9. The van der Waals surface area contributed by atoms with Gasteiger partial charge in [0.2, 0.25) is 6.29 Å². The van der Waals surface area contributed by atoms with Crippen molar-refractivity contribution < 1.29 is 39.1 Å². The summed E-state index contributed by atoms with van der Waals surface area (Å²) in [5.41, 5.74) is 0.721. The molecule has 5 aromatic rings. The van der Waals surface area contributed by atoms with E-state index in [9.17, 15) is 25.2 Å². The van der Waals surface area contributed by atoms with Crippen molar-refractivity contribution in [3.63, 3.8) is 0 Å². The molecule has 1 aliphatic rings. The van der Waals surface area contributed by atoms with Crippen molar-refractivity contribution in [3.05, 3.63) is 58.8 Å². The lowest BCUT2D eigenvalue weighted by atomic mass is 9.93. The second-order valence-electron chi connectivity index (χ2n) is 8.66. The zero-order valence-electron chi connectivity index (χ0n) is 18.5. The predicted molar refractivity (Wildman–Crippen MR) is 127 cm³/mol. The topological polar surface area (TPSA) is 139 Å². The van der Waals surface area contributed by atoms with Crippen LogP contribution in [-0.2, 0) is 4.74 Å². The van der Waals surface area contributed by atoms with Gasteiger partial charge in [-0.25, -0.2) is 0 Å². The molecule has 5 atom stereocenters. The van der Waals surface area contributed by atoms with E-state index in [1.165, 1.54) is 13.2 Å². The van der Waals surface area contributed by atoms with Gasteiger partial charge in [0, 0.05) is 26.9 Å². The van der Waals surface area contributed by atoms with Crippen molar-refractivity contribution in [2.75, 3.05) is 13.7 Å². The molecule has 0 radical (unpaired) electrons. The second-order valence-corrected chi connectivity index (χ2v) is 8.66. The smallest absolute Gasteiger partial charge is 0.229 e. The number of fused-ring (bicyclic) bond motifs is 2.